The standard InChI is InChI=1S/C23H19BrN2O3/c1-12-20-21(14-2-6-16(24)7-3-14)22-18(25-23(20)29-26-12)10-15(11-19(22)28)13-4-8-17(27)9-5-13/h2-9,15,21,25,27H,10-11H2,1H3. The number of hydrogen-bond acceptors (Lipinski definition) is 5. The first-order valence-electron chi connectivity index (χ1n) is 9.55. The van der Waals surface area contributed by atoms with Gasteiger partial charge in [0.2, 0.25) is 5.88 Å². The SMILES string of the molecule is Cc1noc2c1C(c1ccc(Br)cc1)C1=C(CC(c3ccc(O)cc3)CC1=O)N2. The molecule has 3 aromatic rings. The summed E-state index contributed by atoms with van der Waals surface area (Å²) in [5, 5.41) is 17.1. The van der Waals surface area contributed by atoms with Crippen LogP contribution in [0.2, 0.25) is 0 Å². The van der Waals surface area contributed by atoms with E-state index in [4.69, 9.17) is 4.52 Å². The second kappa shape index (κ2) is 6.88. The fourth-order valence-corrected chi connectivity index (χ4v) is 4.71. The molecule has 2 unspecified atom stereocenters. The minimum atomic E-state index is -0.186. The van der Waals surface area contributed by atoms with Gasteiger partial charge in [-0.1, -0.05) is 45.4 Å². The van der Waals surface area contributed by atoms with Gasteiger partial charge in [-0.15, -0.1) is 0 Å². The third-order valence-electron chi connectivity index (χ3n) is 5.83. The van der Waals surface area contributed by atoms with Crippen molar-refractivity contribution in [2.75, 3.05) is 5.32 Å². The quantitative estimate of drug-likeness (QED) is 0.545. The second-order valence-electron chi connectivity index (χ2n) is 7.63. The van der Waals surface area contributed by atoms with E-state index in [1.54, 1.807) is 12.1 Å². The number of nitrogens with zero attached hydrogens (tertiary/aromatic N) is 1. The van der Waals surface area contributed by atoms with Crippen molar-refractivity contribution >= 4 is 27.6 Å². The summed E-state index contributed by atoms with van der Waals surface area (Å²) in [6, 6.07) is 15.2. The van der Waals surface area contributed by atoms with Gasteiger partial charge >= 0.3 is 0 Å². The molecule has 29 heavy (non-hydrogen) atoms. The highest BCUT2D eigenvalue weighted by molar-refractivity contribution is 9.10. The van der Waals surface area contributed by atoms with E-state index < -0.39 is 0 Å². The zero-order valence-corrected chi connectivity index (χ0v) is 17.4. The minimum absolute atomic E-state index is 0.0606. The van der Waals surface area contributed by atoms with Gasteiger partial charge in [0.1, 0.15) is 5.75 Å². The van der Waals surface area contributed by atoms with Crippen LogP contribution in [0.15, 0.2) is 68.8 Å². The monoisotopic (exact) mass is 450 g/mol. The molecule has 6 heteroatoms. The number of carbonyl (C=O) groups excluding carboxylic acids is 1. The smallest absolute Gasteiger partial charge is 0.233 e. The molecule has 0 saturated heterocycles. The molecule has 2 heterocycles. The number of halogens is 1. The van der Waals surface area contributed by atoms with Crippen molar-refractivity contribution in [3.63, 3.8) is 0 Å². The van der Waals surface area contributed by atoms with E-state index in [0.29, 0.717) is 18.7 Å². The van der Waals surface area contributed by atoms with Gasteiger partial charge in [-0.05, 0) is 54.7 Å². The fraction of sp³-hybridized carbons (Fsp3) is 0.217. The van der Waals surface area contributed by atoms with Gasteiger partial charge < -0.3 is 14.9 Å². The number of phenolic OH excluding ortho intramolecular Hbond substituents is 1. The van der Waals surface area contributed by atoms with E-state index in [-0.39, 0.29) is 23.4 Å². The lowest BCUT2D eigenvalue weighted by Gasteiger charge is -2.34. The fourth-order valence-electron chi connectivity index (χ4n) is 4.44. The maximum atomic E-state index is 13.4. The van der Waals surface area contributed by atoms with E-state index in [2.05, 4.69) is 26.4 Å². The summed E-state index contributed by atoms with van der Waals surface area (Å²) in [4.78, 5) is 13.4. The average molecular weight is 451 g/mol. The number of allylic oxidation sites excluding steroid dienone is 2. The Bertz CT molecular complexity index is 1130. The number of benzene rings is 2. The number of carbonyl (C=O) groups is 1. The van der Waals surface area contributed by atoms with Gasteiger partial charge in [0.25, 0.3) is 0 Å². The van der Waals surface area contributed by atoms with Gasteiger partial charge in [-0.3, -0.25) is 4.79 Å². The van der Waals surface area contributed by atoms with E-state index in [1.807, 2.05) is 43.3 Å². The molecule has 146 valence electrons. The van der Waals surface area contributed by atoms with Crippen molar-refractivity contribution in [1.82, 2.24) is 5.16 Å². The summed E-state index contributed by atoms with van der Waals surface area (Å²) in [6.45, 7) is 1.91. The topological polar surface area (TPSA) is 75.4 Å². The minimum Gasteiger partial charge on any atom is -0.508 e. The molecule has 1 aliphatic carbocycles. The number of aromatic hydroxyl groups is 1. The largest absolute Gasteiger partial charge is 0.508 e. The summed E-state index contributed by atoms with van der Waals surface area (Å²) < 4.78 is 6.55. The van der Waals surface area contributed by atoms with Crippen LogP contribution in [0.3, 0.4) is 0 Å². The molecule has 1 aliphatic heterocycles. The second-order valence-corrected chi connectivity index (χ2v) is 8.55. The van der Waals surface area contributed by atoms with Gasteiger partial charge in [0.05, 0.1) is 11.3 Å². The number of aromatic nitrogens is 1. The van der Waals surface area contributed by atoms with Gasteiger partial charge in [-0.25, -0.2) is 0 Å². The first-order chi connectivity index (χ1) is 14.0. The lowest BCUT2D eigenvalue weighted by molar-refractivity contribution is -0.116. The first-order valence-corrected chi connectivity index (χ1v) is 10.3. The predicted octanol–water partition coefficient (Wildman–Crippen LogP) is 5.41. The van der Waals surface area contributed by atoms with Crippen LogP contribution >= 0.6 is 15.9 Å². The Kier molecular flexibility index (Phi) is 4.32. The van der Waals surface area contributed by atoms with Crippen LogP contribution in [0.5, 0.6) is 5.75 Å². The number of anilines is 1. The molecule has 1 aromatic heterocycles. The van der Waals surface area contributed by atoms with Crippen molar-refractivity contribution in [3.05, 3.63) is 86.7 Å². The molecule has 5 nitrogen and oxygen atoms in total. The molecule has 0 amide bonds. The van der Waals surface area contributed by atoms with Gasteiger partial charge in [-0.2, -0.15) is 0 Å². The lowest BCUT2D eigenvalue weighted by Crippen LogP contribution is -2.29. The molecule has 2 aromatic carbocycles. The van der Waals surface area contributed by atoms with Crippen molar-refractivity contribution in [2.45, 2.75) is 31.6 Å². The van der Waals surface area contributed by atoms with Crippen molar-refractivity contribution < 1.29 is 14.4 Å². The maximum absolute atomic E-state index is 13.4. The van der Waals surface area contributed by atoms with Gasteiger partial charge in [0, 0.05) is 28.1 Å². The highest BCUT2D eigenvalue weighted by Gasteiger charge is 2.41. The third-order valence-corrected chi connectivity index (χ3v) is 6.35. The van der Waals surface area contributed by atoms with Crippen molar-refractivity contribution in [3.8, 4) is 5.75 Å². The van der Waals surface area contributed by atoms with Crippen LogP contribution in [0.25, 0.3) is 0 Å². The molecule has 0 spiro atoms. The van der Waals surface area contributed by atoms with Crippen LogP contribution in [0.1, 0.15) is 47.1 Å². The summed E-state index contributed by atoms with van der Waals surface area (Å²) in [5.41, 5.74) is 5.52. The zero-order chi connectivity index (χ0) is 20.1. The molecule has 2 aliphatic rings. The van der Waals surface area contributed by atoms with E-state index in [1.165, 1.54) is 0 Å². The first kappa shape index (κ1) is 18.2. The van der Waals surface area contributed by atoms with E-state index >= 15 is 0 Å². The molecule has 2 N–H and O–H groups in total. The molecule has 5 rings (SSSR count). The molecule has 0 fully saturated rings. The Labute approximate surface area is 176 Å². The number of phenols is 1. The number of nitrogens with one attached hydrogen (secondary N) is 1. The van der Waals surface area contributed by atoms with Crippen LogP contribution in [0.4, 0.5) is 5.88 Å². The lowest BCUT2D eigenvalue weighted by atomic mass is 9.72. The van der Waals surface area contributed by atoms with Crippen LogP contribution in [0, 0.1) is 6.92 Å². The number of aryl methyl sites for hydroxylation is 1. The highest BCUT2D eigenvalue weighted by Crippen LogP contribution is 2.49. The maximum Gasteiger partial charge on any atom is 0.233 e. The molecule has 2 atom stereocenters. The summed E-state index contributed by atoms with van der Waals surface area (Å²) in [6.07, 6.45) is 1.15. The predicted molar refractivity (Wildman–Crippen MR) is 113 cm³/mol. The molecule has 0 bridgehead atoms. The zero-order valence-electron chi connectivity index (χ0n) is 15.8. The molecular weight excluding hydrogens is 432 g/mol. The average Bonchev–Trinajstić information content (AvgIpc) is 3.08. The Morgan fingerprint density at radius 2 is 1.76 bits per heavy atom. The van der Waals surface area contributed by atoms with Crippen molar-refractivity contribution in [2.24, 2.45) is 0 Å². The molecular formula is C23H19BrN2O3. The third kappa shape index (κ3) is 3.08. The Hall–Kier alpha value is -2.86. The Morgan fingerprint density at radius 1 is 1.07 bits per heavy atom. The summed E-state index contributed by atoms with van der Waals surface area (Å²) in [7, 11) is 0. The van der Waals surface area contributed by atoms with E-state index in [0.717, 1.165) is 38.1 Å². The highest BCUT2D eigenvalue weighted by atomic mass is 79.9. The number of ketones is 1. The van der Waals surface area contributed by atoms with E-state index in [9.17, 15) is 9.90 Å². The van der Waals surface area contributed by atoms with Crippen LogP contribution < -0.4 is 5.32 Å². The Morgan fingerprint density at radius 3 is 2.48 bits per heavy atom. The Balaban J connectivity index is 1.61. The van der Waals surface area contributed by atoms with Crippen LogP contribution in [-0.2, 0) is 4.79 Å². The molecule has 0 saturated carbocycles. The summed E-state index contributed by atoms with van der Waals surface area (Å²) >= 11 is 3.49. The van der Waals surface area contributed by atoms with Gasteiger partial charge in [0.15, 0.2) is 5.78 Å². The number of rotatable bonds is 2. The number of fused-ring (bicyclic) bond motifs is 1. The molecule has 0 radical (unpaired) electrons. The number of Topliss-reactive ketones (excluding diaryl/α,β-unsaturated/α-hetero) is 1. The number of hydrogen-bond donors (Lipinski definition) is 2. The normalized spacial score (nSPS) is 20.8. The van der Waals surface area contributed by atoms with Crippen LogP contribution in [-0.4, -0.2) is 16.0 Å². The summed E-state index contributed by atoms with van der Waals surface area (Å²) in [5.74, 6) is 0.854. The van der Waals surface area contributed by atoms with Crippen molar-refractivity contribution in [1.29, 1.82) is 0 Å².